The maximum Gasteiger partial charge on any atom is 0.260 e. The van der Waals surface area contributed by atoms with Gasteiger partial charge in [-0.2, -0.15) is 0 Å². The lowest BCUT2D eigenvalue weighted by Gasteiger charge is -2.31. The number of aromatic hydroxyl groups is 1. The summed E-state index contributed by atoms with van der Waals surface area (Å²) in [6.07, 6.45) is 1.69. The quantitative estimate of drug-likeness (QED) is 0.835. The summed E-state index contributed by atoms with van der Waals surface area (Å²) in [7, 11) is 1.66. The molecule has 1 aromatic rings. The molecule has 98 valence electrons. The molecule has 1 aliphatic heterocycles. The van der Waals surface area contributed by atoms with Crippen LogP contribution in [-0.4, -0.2) is 42.1 Å². The Bertz CT molecular complexity index is 424. The predicted molar refractivity (Wildman–Crippen MR) is 66.1 cm³/mol. The highest BCUT2D eigenvalue weighted by molar-refractivity contribution is 5.97. The molecule has 5 heteroatoms. The van der Waals surface area contributed by atoms with Crippen molar-refractivity contribution in [2.24, 2.45) is 0 Å². The van der Waals surface area contributed by atoms with E-state index in [2.05, 4.69) is 5.32 Å². The number of piperidine rings is 1. The molecule has 0 aliphatic carbocycles. The van der Waals surface area contributed by atoms with Gasteiger partial charge in [0.05, 0.1) is 0 Å². The summed E-state index contributed by atoms with van der Waals surface area (Å²) in [5.41, 5.74) is -0.237. The molecule has 1 amide bonds. The van der Waals surface area contributed by atoms with Crippen molar-refractivity contribution in [3.8, 4) is 5.75 Å². The summed E-state index contributed by atoms with van der Waals surface area (Å²) in [6, 6.07) is 3.99. The van der Waals surface area contributed by atoms with E-state index < -0.39 is 11.7 Å². The summed E-state index contributed by atoms with van der Waals surface area (Å²) in [6.45, 7) is 1.71. The average Bonchev–Trinajstić information content (AvgIpc) is 2.38. The van der Waals surface area contributed by atoms with Crippen LogP contribution in [0.1, 0.15) is 23.2 Å². The topological polar surface area (TPSA) is 52.6 Å². The Labute approximate surface area is 105 Å². The lowest BCUT2D eigenvalue weighted by atomic mass is 10.0. The van der Waals surface area contributed by atoms with Crippen LogP contribution in [0.5, 0.6) is 5.75 Å². The van der Waals surface area contributed by atoms with Crippen molar-refractivity contribution in [3.63, 3.8) is 0 Å². The van der Waals surface area contributed by atoms with E-state index in [-0.39, 0.29) is 17.4 Å². The van der Waals surface area contributed by atoms with Gasteiger partial charge in [0.15, 0.2) is 0 Å². The average molecular weight is 252 g/mol. The third-order valence-electron chi connectivity index (χ3n) is 3.38. The first kappa shape index (κ1) is 12.8. The molecule has 0 saturated carbocycles. The molecule has 1 saturated heterocycles. The van der Waals surface area contributed by atoms with Crippen molar-refractivity contribution >= 4 is 5.91 Å². The molecule has 0 spiro atoms. The van der Waals surface area contributed by atoms with Crippen molar-refractivity contribution in [1.82, 2.24) is 10.2 Å². The van der Waals surface area contributed by atoms with Crippen LogP contribution in [0.4, 0.5) is 4.39 Å². The zero-order chi connectivity index (χ0) is 13.1. The van der Waals surface area contributed by atoms with Gasteiger partial charge in [0, 0.05) is 13.1 Å². The van der Waals surface area contributed by atoms with Crippen LogP contribution in [0.3, 0.4) is 0 Å². The van der Waals surface area contributed by atoms with E-state index in [1.54, 1.807) is 7.05 Å². The number of hydrogen-bond donors (Lipinski definition) is 2. The minimum atomic E-state index is -0.680. The van der Waals surface area contributed by atoms with Crippen LogP contribution < -0.4 is 5.32 Å². The van der Waals surface area contributed by atoms with Crippen LogP contribution in [-0.2, 0) is 0 Å². The number of carbonyl (C=O) groups excluding carboxylic acids is 1. The number of nitrogens with one attached hydrogen (secondary N) is 1. The summed E-state index contributed by atoms with van der Waals surface area (Å²) < 4.78 is 13.6. The summed E-state index contributed by atoms with van der Waals surface area (Å²) >= 11 is 0. The van der Waals surface area contributed by atoms with Crippen LogP contribution in [0.25, 0.3) is 0 Å². The molecule has 0 atom stereocenters. The molecule has 1 aromatic carbocycles. The van der Waals surface area contributed by atoms with Crippen molar-refractivity contribution in [2.75, 3.05) is 20.1 Å². The van der Waals surface area contributed by atoms with Gasteiger partial charge in [-0.1, -0.05) is 6.07 Å². The minimum absolute atomic E-state index is 0.0951. The van der Waals surface area contributed by atoms with Gasteiger partial charge in [-0.15, -0.1) is 0 Å². The summed E-state index contributed by atoms with van der Waals surface area (Å²) in [5.74, 6) is -1.45. The van der Waals surface area contributed by atoms with Crippen LogP contribution in [0.2, 0.25) is 0 Å². The standard InChI is InChI=1S/C13H17FN2O2/c1-16(9-5-7-15-8-6-9)13(18)12-10(14)3-2-4-11(12)17/h2-4,9,15,17H,5-8H2,1H3. The first-order valence-electron chi connectivity index (χ1n) is 6.06. The monoisotopic (exact) mass is 252 g/mol. The zero-order valence-electron chi connectivity index (χ0n) is 10.3. The smallest absolute Gasteiger partial charge is 0.260 e. The third-order valence-corrected chi connectivity index (χ3v) is 3.38. The van der Waals surface area contributed by atoms with Crippen molar-refractivity contribution in [3.05, 3.63) is 29.6 Å². The highest BCUT2D eigenvalue weighted by Crippen LogP contribution is 2.23. The van der Waals surface area contributed by atoms with Gasteiger partial charge in [0.25, 0.3) is 5.91 Å². The van der Waals surface area contributed by atoms with E-state index in [0.29, 0.717) is 0 Å². The Balaban J connectivity index is 2.19. The van der Waals surface area contributed by atoms with Gasteiger partial charge < -0.3 is 15.3 Å². The molecular formula is C13H17FN2O2. The molecule has 0 unspecified atom stereocenters. The molecule has 1 aliphatic rings. The maximum absolute atomic E-state index is 13.6. The number of phenolic OH excluding ortho intramolecular Hbond substituents is 1. The largest absolute Gasteiger partial charge is 0.507 e. The number of benzene rings is 1. The lowest BCUT2D eigenvalue weighted by molar-refractivity contribution is 0.0695. The van der Waals surface area contributed by atoms with E-state index in [9.17, 15) is 14.3 Å². The minimum Gasteiger partial charge on any atom is -0.507 e. The van der Waals surface area contributed by atoms with Gasteiger partial charge in [-0.3, -0.25) is 4.79 Å². The third kappa shape index (κ3) is 2.46. The number of nitrogens with zero attached hydrogens (tertiary/aromatic N) is 1. The highest BCUT2D eigenvalue weighted by atomic mass is 19.1. The fourth-order valence-electron chi connectivity index (χ4n) is 2.26. The van der Waals surface area contributed by atoms with E-state index in [4.69, 9.17) is 0 Å². The number of carbonyl (C=O) groups is 1. The van der Waals surface area contributed by atoms with E-state index >= 15 is 0 Å². The molecular weight excluding hydrogens is 235 g/mol. The van der Waals surface area contributed by atoms with Crippen molar-refractivity contribution < 1.29 is 14.3 Å². The Hall–Kier alpha value is -1.62. The number of phenols is 1. The lowest BCUT2D eigenvalue weighted by Crippen LogP contribution is -2.44. The molecule has 2 rings (SSSR count). The maximum atomic E-state index is 13.6. The Morgan fingerprint density at radius 1 is 1.44 bits per heavy atom. The molecule has 1 heterocycles. The van der Waals surface area contributed by atoms with Crippen LogP contribution >= 0.6 is 0 Å². The van der Waals surface area contributed by atoms with E-state index in [1.165, 1.54) is 23.1 Å². The molecule has 0 bridgehead atoms. The van der Waals surface area contributed by atoms with Gasteiger partial charge in [-0.05, 0) is 38.1 Å². The number of halogens is 1. The second-order valence-electron chi connectivity index (χ2n) is 4.53. The molecule has 2 N–H and O–H groups in total. The van der Waals surface area contributed by atoms with E-state index in [0.717, 1.165) is 25.9 Å². The molecule has 4 nitrogen and oxygen atoms in total. The van der Waals surface area contributed by atoms with Crippen LogP contribution in [0.15, 0.2) is 18.2 Å². The first-order valence-corrected chi connectivity index (χ1v) is 6.06. The Kier molecular flexibility index (Phi) is 3.81. The molecule has 0 aromatic heterocycles. The Morgan fingerprint density at radius 2 is 2.11 bits per heavy atom. The van der Waals surface area contributed by atoms with Gasteiger partial charge in [0.2, 0.25) is 0 Å². The van der Waals surface area contributed by atoms with Gasteiger partial charge >= 0.3 is 0 Å². The SMILES string of the molecule is CN(C(=O)c1c(O)cccc1F)C1CCNCC1. The number of hydrogen-bond acceptors (Lipinski definition) is 3. The summed E-state index contributed by atoms with van der Waals surface area (Å²) in [5, 5.41) is 12.8. The molecule has 1 fully saturated rings. The zero-order valence-corrected chi connectivity index (χ0v) is 10.3. The summed E-state index contributed by atoms with van der Waals surface area (Å²) in [4.78, 5) is 13.7. The first-order chi connectivity index (χ1) is 8.61. The predicted octanol–water partition coefficient (Wildman–Crippen LogP) is 1.36. The van der Waals surface area contributed by atoms with Gasteiger partial charge in [0.1, 0.15) is 17.1 Å². The number of amides is 1. The fraction of sp³-hybridized carbons (Fsp3) is 0.462. The molecule has 18 heavy (non-hydrogen) atoms. The second kappa shape index (κ2) is 5.35. The van der Waals surface area contributed by atoms with Crippen LogP contribution in [0, 0.1) is 5.82 Å². The highest BCUT2D eigenvalue weighted by Gasteiger charge is 2.26. The molecule has 0 radical (unpaired) electrons. The second-order valence-corrected chi connectivity index (χ2v) is 4.53. The van der Waals surface area contributed by atoms with Crippen molar-refractivity contribution in [1.29, 1.82) is 0 Å². The normalized spacial score (nSPS) is 16.6. The van der Waals surface area contributed by atoms with Gasteiger partial charge in [-0.25, -0.2) is 4.39 Å². The van der Waals surface area contributed by atoms with Crippen molar-refractivity contribution in [2.45, 2.75) is 18.9 Å². The fourth-order valence-corrected chi connectivity index (χ4v) is 2.26. The van der Waals surface area contributed by atoms with E-state index in [1.807, 2.05) is 0 Å². The number of rotatable bonds is 2. The Morgan fingerprint density at radius 3 is 2.72 bits per heavy atom.